The average molecular weight is 289 g/mol. The van der Waals surface area contributed by atoms with Crippen molar-refractivity contribution in [2.24, 2.45) is 11.7 Å². The van der Waals surface area contributed by atoms with Crippen LogP contribution in [0.3, 0.4) is 0 Å². The van der Waals surface area contributed by atoms with Crippen LogP contribution in [-0.2, 0) is 6.54 Å². The predicted molar refractivity (Wildman–Crippen MR) is 85.4 cm³/mol. The molecule has 4 nitrogen and oxygen atoms in total. The highest BCUT2D eigenvalue weighted by molar-refractivity contribution is 5.33. The molecule has 4 heteroatoms. The molecule has 2 N–H and O–H groups in total. The Kier molecular flexibility index (Phi) is 4.20. The van der Waals surface area contributed by atoms with Gasteiger partial charge in [-0.1, -0.05) is 18.2 Å². The third-order valence-electron chi connectivity index (χ3n) is 5.56. The molecule has 0 saturated carbocycles. The smallest absolute Gasteiger partial charge is 0.123 e. The minimum atomic E-state index is 0.122. The van der Waals surface area contributed by atoms with E-state index in [4.69, 9.17) is 10.5 Å². The number of nitrogens with two attached hydrogens (primary N) is 1. The van der Waals surface area contributed by atoms with Gasteiger partial charge in [-0.3, -0.25) is 4.90 Å². The van der Waals surface area contributed by atoms with Gasteiger partial charge in [0, 0.05) is 30.7 Å². The van der Waals surface area contributed by atoms with Gasteiger partial charge in [0.2, 0.25) is 0 Å². The molecule has 0 amide bonds. The average Bonchev–Trinajstić information content (AvgIpc) is 2.56. The molecule has 0 radical (unpaired) electrons. The summed E-state index contributed by atoms with van der Waals surface area (Å²) >= 11 is 0. The van der Waals surface area contributed by atoms with Crippen LogP contribution in [0, 0.1) is 5.92 Å². The molecule has 3 aliphatic rings. The molecule has 3 heterocycles. The summed E-state index contributed by atoms with van der Waals surface area (Å²) in [5.41, 5.74) is 7.62. The van der Waals surface area contributed by atoms with Crippen LogP contribution in [0.5, 0.6) is 5.75 Å². The van der Waals surface area contributed by atoms with Crippen LogP contribution in [0.2, 0.25) is 0 Å². The van der Waals surface area contributed by atoms with Crippen LogP contribution in [0.25, 0.3) is 0 Å². The Balaban J connectivity index is 1.81. The Labute approximate surface area is 127 Å². The van der Waals surface area contributed by atoms with Crippen LogP contribution in [0.4, 0.5) is 0 Å². The molecule has 116 valence electrons. The number of piperidine rings is 3. The Bertz CT molecular complexity index is 485. The van der Waals surface area contributed by atoms with Gasteiger partial charge in [-0.05, 0) is 45.0 Å². The normalized spacial score (nSPS) is 31.6. The van der Waals surface area contributed by atoms with Crippen molar-refractivity contribution in [3.05, 3.63) is 29.8 Å². The van der Waals surface area contributed by atoms with Crippen molar-refractivity contribution in [1.29, 1.82) is 0 Å². The zero-order chi connectivity index (χ0) is 14.9. The summed E-state index contributed by atoms with van der Waals surface area (Å²) in [6.07, 6.45) is 2.57. The van der Waals surface area contributed by atoms with Gasteiger partial charge in [0.25, 0.3) is 0 Å². The van der Waals surface area contributed by atoms with E-state index in [0.29, 0.717) is 0 Å². The van der Waals surface area contributed by atoms with E-state index in [-0.39, 0.29) is 5.54 Å². The fourth-order valence-corrected chi connectivity index (χ4v) is 4.21. The number of para-hydroxylation sites is 1. The zero-order valence-electron chi connectivity index (χ0n) is 13.2. The van der Waals surface area contributed by atoms with Crippen molar-refractivity contribution >= 4 is 0 Å². The summed E-state index contributed by atoms with van der Waals surface area (Å²) in [6, 6.07) is 8.29. The number of likely N-dealkylation sites (N-methyl/N-ethyl adjacent to an activating group) is 1. The predicted octanol–water partition coefficient (Wildman–Crippen LogP) is 1.55. The number of hydrogen-bond donors (Lipinski definition) is 1. The molecule has 0 aromatic heterocycles. The Hall–Kier alpha value is -1.10. The fraction of sp³-hybridized carbons (Fsp3) is 0.647. The molecule has 2 bridgehead atoms. The van der Waals surface area contributed by atoms with E-state index < -0.39 is 0 Å². The molecule has 3 saturated heterocycles. The molecule has 4 rings (SSSR count). The summed E-state index contributed by atoms with van der Waals surface area (Å²) in [5.74, 6) is 1.70. The van der Waals surface area contributed by atoms with Gasteiger partial charge in [0.1, 0.15) is 5.75 Å². The number of ether oxygens (including phenoxy) is 1. The van der Waals surface area contributed by atoms with E-state index in [1.165, 1.54) is 31.5 Å². The first kappa shape index (κ1) is 14.8. The number of fused-ring (bicyclic) bond motifs is 3. The SMILES string of the molecule is COc1ccccc1CN(C)C1(CN)CN2CCC1CC2. The van der Waals surface area contributed by atoms with E-state index in [9.17, 15) is 0 Å². The molecule has 3 aliphatic heterocycles. The molecule has 21 heavy (non-hydrogen) atoms. The van der Waals surface area contributed by atoms with Crippen molar-refractivity contribution in [3.63, 3.8) is 0 Å². The third kappa shape index (κ3) is 2.56. The van der Waals surface area contributed by atoms with Crippen LogP contribution < -0.4 is 10.5 Å². The van der Waals surface area contributed by atoms with Crippen molar-refractivity contribution in [3.8, 4) is 5.75 Å². The first-order chi connectivity index (χ1) is 10.2. The monoisotopic (exact) mass is 289 g/mol. The molecular weight excluding hydrogens is 262 g/mol. The lowest BCUT2D eigenvalue weighted by atomic mass is 9.71. The Morgan fingerprint density at radius 2 is 2.05 bits per heavy atom. The lowest BCUT2D eigenvalue weighted by Gasteiger charge is -2.57. The second-order valence-corrected chi connectivity index (χ2v) is 6.53. The maximum absolute atomic E-state index is 6.25. The Morgan fingerprint density at radius 3 is 2.62 bits per heavy atom. The Morgan fingerprint density at radius 1 is 1.33 bits per heavy atom. The van der Waals surface area contributed by atoms with E-state index in [2.05, 4.69) is 29.0 Å². The summed E-state index contributed by atoms with van der Waals surface area (Å²) in [5, 5.41) is 0. The molecule has 1 aromatic carbocycles. The lowest BCUT2D eigenvalue weighted by molar-refractivity contribution is -0.0597. The summed E-state index contributed by atoms with van der Waals surface area (Å²) in [4.78, 5) is 5.05. The van der Waals surface area contributed by atoms with Crippen molar-refractivity contribution in [2.45, 2.75) is 24.9 Å². The summed E-state index contributed by atoms with van der Waals surface area (Å²) < 4.78 is 5.49. The van der Waals surface area contributed by atoms with Gasteiger partial charge in [-0.25, -0.2) is 0 Å². The number of rotatable bonds is 5. The first-order valence-corrected chi connectivity index (χ1v) is 7.95. The molecule has 1 atom stereocenters. The largest absolute Gasteiger partial charge is 0.496 e. The lowest BCUT2D eigenvalue weighted by Crippen LogP contribution is -2.69. The van der Waals surface area contributed by atoms with E-state index in [0.717, 1.165) is 31.3 Å². The van der Waals surface area contributed by atoms with Crippen LogP contribution in [0.15, 0.2) is 24.3 Å². The highest BCUT2D eigenvalue weighted by Gasteiger charge is 2.48. The van der Waals surface area contributed by atoms with Gasteiger partial charge in [0.05, 0.1) is 7.11 Å². The zero-order valence-corrected chi connectivity index (χ0v) is 13.2. The molecule has 1 unspecified atom stereocenters. The van der Waals surface area contributed by atoms with Gasteiger partial charge in [-0.15, -0.1) is 0 Å². The van der Waals surface area contributed by atoms with Gasteiger partial charge < -0.3 is 15.4 Å². The molecule has 1 aromatic rings. The van der Waals surface area contributed by atoms with E-state index in [1.807, 2.05) is 12.1 Å². The highest BCUT2D eigenvalue weighted by Crippen LogP contribution is 2.39. The summed E-state index contributed by atoms with van der Waals surface area (Å²) in [7, 11) is 3.97. The maximum atomic E-state index is 6.25. The quantitative estimate of drug-likeness (QED) is 0.893. The second kappa shape index (κ2) is 5.95. The van der Waals surface area contributed by atoms with E-state index in [1.54, 1.807) is 7.11 Å². The standard InChI is InChI=1S/C17H27N3O/c1-19(11-14-5-3-4-6-16(14)21-2)17(12-18)13-20-9-7-15(17)8-10-20/h3-6,15H,7-13,18H2,1-2H3. The first-order valence-electron chi connectivity index (χ1n) is 7.95. The minimum absolute atomic E-state index is 0.122. The molecular formula is C17H27N3O. The number of benzene rings is 1. The van der Waals surface area contributed by atoms with Crippen LogP contribution >= 0.6 is 0 Å². The number of hydrogen-bond acceptors (Lipinski definition) is 4. The van der Waals surface area contributed by atoms with Crippen molar-refractivity contribution in [1.82, 2.24) is 9.80 Å². The molecule has 3 fully saturated rings. The number of nitrogens with zero attached hydrogens (tertiary/aromatic N) is 2. The van der Waals surface area contributed by atoms with Gasteiger partial charge in [0.15, 0.2) is 0 Å². The maximum Gasteiger partial charge on any atom is 0.123 e. The molecule has 0 spiro atoms. The molecule has 0 aliphatic carbocycles. The summed E-state index contributed by atoms with van der Waals surface area (Å²) in [6.45, 7) is 5.23. The number of methoxy groups -OCH3 is 1. The van der Waals surface area contributed by atoms with Gasteiger partial charge >= 0.3 is 0 Å². The highest BCUT2D eigenvalue weighted by atomic mass is 16.5. The third-order valence-corrected chi connectivity index (χ3v) is 5.56. The minimum Gasteiger partial charge on any atom is -0.496 e. The van der Waals surface area contributed by atoms with Crippen molar-refractivity contribution in [2.75, 3.05) is 40.3 Å². The topological polar surface area (TPSA) is 41.7 Å². The van der Waals surface area contributed by atoms with E-state index >= 15 is 0 Å². The van der Waals surface area contributed by atoms with Crippen LogP contribution in [-0.4, -0.2) is 55.7 Å². The second-order valence-electron chi connectivity index (χ2n) is 6.53. The van der Waals surface area contributed by atoms with Crippen LogP contribution in [0.1, 0.15) is 18.4 Å². The fourth-order valence-electron chi connectivity index (χ4n) is 4.21. The van der Waals surface area contributed by atoms with Gasteiger partial charge in [-0.2, -0.15) is 0 Å². The van der Waals surface area contributed by atoms with Crippen molar-refractivity contribution < 1.29 is 4.74 Å².